The van der Waals surface area contributed by atoms with Crippen molar-refractivity contribution in [2.45, 2.75) is 19.0 Å². The number of aromatic nitrogens is 2. The number of carbonyl (C=O) groups is 1. The van der Waals surface area contributed by atoms with E-state index in [1.54, 1.807) is 0 Å². The second-order valence-corrected chi connectivity index (χ2v) is 7.63. The molecule has 140 valence electrons. The first kappa shape index (κ1) is 18.3. The fourth-order valence-corrected chi connectivity index (χ4v) is 3.90. The monoisotopic (exact) mass is 387 g/mol. The lowest BCUT2D eigenvalue weighted by molar-refractivity contribution is -0.113. The van der Waals surface area contributed by atoms with Crippen LogP contribution in [0.3, 0.4) is 0 Å². The molecule has 0 bridgehead atoms. The van der Waals surface area contributed by atoms with Gasteiger partial charge in [0.25, 0.3) is 0 Å². The number of hydrogen-bond acceptors (Lipinski definition) is 3. The number of amides is 1. The molecule has 0 fully saturated rings. The van der Waals surface area contributed by atoms with E-state index in [0.29, 0.717) is 5.75 Å². The van der Waals surface area contributed by atoms with E-state index in [1.165, 1.54) is 17.3 Å². The number of aryl methyl sites for hydroxylation is 2. The van der Waals surface area contributed by atoms with Crippen LogP contribution in [0.2, 0.25) is 0 Å². The lowest BCUT2D eigenvalue weighted by Gasteiger charge is -2.10. The molecule has 0 saturated heterocycles. The summed E-state index contributed by atoms with van der Waals surface area (Å²) in [7, 11) is 0. The molecule has 3 aromatic carbocycles. The average Bonchev–Trinajstić information content (AvgIpc) is 3.08. The molecule has 0 spiro atoms. The molecule has 0 aliphatic rings. The lowest BCUT2D eigenvalue weighted by atomic mass is 10.1. The number of carbonyl (C=O) groups excluding carboxylic acids is 1. The standard InChI is InChI=1S/C23H21N3OS/c1-16-12-13-18(14-17(16)2)24-22(27)15-28-23-25-20-10-6-7-11-21(20)26(23)19-8-4-3-5-9-19/h3-14H,15H2,1-2H3,(H,24,27). The van der Waals surface area contributed by atoms with Crippen molar-refractivity contribution in [1.82, 2.24) is 9.55 Å². The Hall–Kier alpha value is -3.05. The fraction of sp³-hybridized carbons (Fsp3) is 0.130. The first-order valence-electron chi connectivity index (χ1n) is 9.14. The molecule has 1 amide bonds. The SMILES string of the molecule is Cc1ccc(NC(=O)CSc2nc3ccccc3n2-c2ccccc2)cc1C. The molecule has 0 radical (unpaired) electrons. The van der Waals surface area contributed by atoms with Crippen LogP contribution in [0, 0.1) is 13.8 Å². The molecule has 0 saturated carbocycles. The maximum absolute atomic E-state index is 12.5. The number of thioether (sulfide) groups is 1. The summed E-state index contributed by atoms with van der Waals surface area (Å²) in [6.07, 6.45) is 0. The van der Waals surface area contributed by atoms with Crippen LogP contribution >= 0.6 is 11.8 Å². The Kier molecular flexibility index (Phi) is 5.17. The van der Waals surface area contributed by atoms with Gasteiger partial charge in [-0.15, -0.1) is 0 Å². The summed E-state index contributed by atoms with van der Waals surface area (Å²) >= 11 is 1.44. The van der Waals surface area contributed by atoms with Crippen molar-refractivity contribution in [1.29, 1.82) is 0 Å². The number of rotatable bonds is 5. The molecule has 28 heavy (non-hydrogen) atoms. The summed E-state index contributed by atoms with van der Waals surface area (Å²) in [5, 5.41) is 3.78. The van der Waals surface area contributed by atoms with E-state index in [2.05, 4.69) is 22.9 Å². The van der Waals surface area contributed by atoms with Gasteiger partial charge in [0.15, 0.2) is 5.16 Å². The van der Waals surface area contributed by atoms with E-state index >= 15 is 0 Å². The number of hydrogen-bond donors (Lipinski definition) is 1. The fourth-order valence-electron chi connectivity index (χ4n) is 3.07. The predicted molar refractivity (Wildman–Crippen MR) is 116 cm³/mol. The van der Waals surface area contributed by atoms with Crippen LogP contribution in [0.5, 0.6) is 0 Å². The highest BCUT2D eigenvalue weighted by atomic mass is 32.2. The predicted octanol–water partition coefficient (Wildman–Crippen LogP) is 5.37. The molecular weight excluding hydrogens is 366 g/mol. The van der Waals surface area contributed by atoms with Crippen LogP contribution in [0.1, 0.15) is 11.1 Å². The Bertz CT molecular complexity index is 1140. The number of anilines is 1. The van der Waals surface area contributed by atoms with E-state index in [1.807, 2.05) is 73.7 Å². The highest BCUT2D eigenvalue weighted by Gasteiger charge is 2.14. The summed E-state index contributed by atoms with van der Waals surface area (Å²) in [5.74, 6) is 0.253. The third kappa shape index (κ3) is 3.80. The number of para-hydroxylation sites is 3. The van der Waals surface area contributed by atoms with Crippen molar-refractivity contribution >= 4 is 34.4 Å². The molecule has 4 rings (SSSR count). The maximum atomic E-state index is 12.5. The topological polar surface area (TPSA) is 46.9 Å². The zero-order valence-electron chi connectivity index (χ0n) is 15.8. The molecule has 1 N–H and O–H groups in total. The van der Waals surface area contributed by atoms with Crippen molar-refractivity contribution in [3.63, 3.8) is 0 Å². The van der Waals surface area contributed by atoms with E-state index in [9.17, 15) is 4.79 Å². The van der Waals surface area contributed by atoms with Gasteiger partial charge in [0, 0.05) is 11.4 Å². The summed E-state index contributed by atoms with van der Waals surface area (Å²) in [6.45, 7) is 4.10. The largest absolute Gasteiger partial charge is 0.325 e. The van der Waals surface area contributed by atoms with E-state index in [4.69, 9.17) is 4.98 Å². The number of imidazole rings is 1. The number of nitrogens with zero attached hydrogens (tertiary/aromatic N) is 2. The van der Waals surface area contributed by atoms with Crippen LogP contribution < -0.4 is 5.32 Å². The van der Waals surface area contributed by atoms with E-state index in [-0.39, 0.29) is 5.91 Å². The van der Waals surface area contributed by atoms with Gasteiger partial charge in [-0.3, -0.25) is 9.36 Å². The van der Waals surface area contributed by atoms with Gasteiger partial charge in [0.2, 0.25) is 5.91 Å². The van der Waals surface area contributed by atoms with Crippen molar-refractivity contribution < 1.29 is 4.79 Å². The second-order valence-electron chi connectivity index (χ2n) is 6.69. The zero-order valence-corrected chi connectivity index (χ0v) is 16.7. The third-order valence-electron chi connectivity index (χ3n) is 4.67. The first-order valence-corrected chi connectivity index (χ1v) is 10.1. The van der Waals surface area contributed by atoms with Crippen molar-refractivity contribution in [2.24, 2.45) is 0 Å². The van der Waals surface area contributed by atoms with Crippen molar-refractivity contribution in [2.75, 3.05) is 11.1 Å². The quantitative estimate of drug-likeness (QED) is 0.468. The van der Waals surface area contributed by atoms with E-state index in [0.717, 1.165) is 33.1 Å². The minimum absolute atomic E-state index is 0.0417. The smallest absolute Gasteiger partial charge is 0.234 e. The number of nitrogens with one attached hydrogen (secondary N) is 1. The Morgan fingerprint density at radius 3 is 2.50 bits per heavy atom. The van der Waals surface area contributed by atoms with Gasteiger partial charge >= 0.3 is 0 Å². The number of benzene rings is 3. The van der Waals surface area contributed by atoms with Crippen molar-refractivity contribution in [3.8, 4) is 5.69 Å². The molecule has 0 aliphatic carbocycles. The molecule has 0 atom stereocenters. The summed E-state index contributed by atoms with van der Waals surface area (Å²) in [5.41, 5.74) is 6.19. The van der Waals surface area contributed by atoms with Crippen LogP contribution in [-0.2, 0) is 4.79 Å². The molecule has 0 unspecified atom stereocenters. The molecule has 1 aromatic heterocycles. The molecule has 0 aliphatic heterocycles. The molecule has 1 heterocycles. The van der Waals surface area contributed by atoms with Crippen LogP contribution in [0.25, 0.3) is 16.7 Å². The summed E-state index contributed by atoms with van der Waals surface area (Å²) < 4.78 is 2.10. The normalized spacial score (nSPS) is 10.9. The highest BCUT2D eigenvalue weighted by Crippen LogP contribution is 2.28. The van der Waals surface area contributed by atoms with Gasteiger partial charge < -0.3 is 5.32 Å². The molecule has 5 heteroatoms. The van der Waals surface area contributed by atoms with Crippen LogP contribution in [0.4, 0.5) is 5.69 Å². The van der Waals surface area contributed by atoms with Crippen molar-refractivity contribution in [3.05, 3.63) is 83.9 Å². The molecular formula is C23H21N3OS. The summed E-state index contributed by atoms with van der Waals surface area (Å²) in [6, 6.07) is 24.1. The Morgan fingerprint density at radius 2 is 1.71 bits per heavy atom. The molecule has 4 nitrogen and oxygen atoms in total. The summed E-state index contributed by atoms with van der Waals surface area (Å²) in [4.78, 5) is 17.2. The minimum Gasteiger partial charge on any atom is -0.325 e. The first-order chi connectivity index (χ1) is 13.6. The average molecular weight is 388 g/mol. The van der Waals surface area contributed by atoms with Gasteiger partial charge in [0.1, 0.15) is 0 Å². The molecule has 4 aromatic rings. The van der Waals surface area contributed by atoms with Gasteiger partial charge in [-0.2, -0.15) is 0 Å². The van der Waals surface area contributed by atoms with Gasteiger partial charge in [-0.1, -0.05) is 48.2 Å². The Balaban J connectivity index is 1.56. The van der Waals surface area contributed by atoms with Gasteiger partial charge in [-0.05, 0) is 61.4 Å². The van der Waals surface area contributed by atoms with Crippen LogP contribution in [-0.4, -0.2) is 21.2 Å². The minimum atomic E-state index is -0.0417. The second kappa shape index (κ2) is 7.90. The lowest BCUT2D eigenvalue weighted by Crippen LogP contribution is -2.14. The van der Waals surface area contributed by atoms with Gasteiger partial charge in [0.05, 0.1) is 16.8 Å². The third-order valence-corrected chi connectivity index (χ3v) is 5.61. The highest BCUT2D eigenvalue weighted by molar-refractivity contribution is 7.99. The number of fused-ring (bicyclic) bond motifs is 1. The van der Waals surface area contributed by atoms with Gasteiger partial charge in [-0.25, -0.2) is 4.98 Å². The zero-order chi connectivity index (χ0) is 19.5. The Morgan fingerprint density at radius 1 is 0.964 bits per heavy atom. The van der Waals surface area contributed by atoms with Crippen LogP contribution in [0.15, 0.2) is 78.0 Å². The van der Waals surface area contributed by atoms with E-state index < -0.39 is 0 Å². The maximum Gasteiger partial charge on any atom is 0.234 e. The Labute approximate surface area is 168 Å².